The average molecular weight is 413 g/mol. The van der Waals surface area contributed by atoms with Gasteiger partial charge in [-0.05, 0) is 31.2 Å². The van der Waals surface area contributed by atoms with Crippen LogP contribution in [0.4, 0.5) is 8.78 Å². The maximum atomic E-state index is 14.1. The molecular formula is C22H17F2NO5. The number of Topliss-reactive ketones (excluding diaryl/α,β-unsaturated/α-hetero) is 2. The number of para-hydroxylation sites is 1. The molecule has 2 aromatic carbocycles. The van der Waals surface area contributed by atoms with Crippen LogP contribution in [0.15, 0.2) is 53.5 Å². The molecule has 0 unspecified atom stereocenters. The molecule has 0 saturated heterocycles. The summed E-state index contributed by atoms with van der Waals surface area (Å²) in [5.74, 6) is -4.68. The fraction of sp³-hybridized carbons (Fsp3) is 0.182. The van der Waals surface area contributed by atoms with Gasteiger partial charge in [0.15, 0.2) is 11.2 Å². The number of ketones is 2. The van der Waals surface area contributed by atoms with Gasteiger partial charge in [0.25, 0.3) is 0 Å². The van der Waals surface area contributed by atoms with E-state index in [9.17, 15) is 28.0 Å². The van der Waals surface area contributed by atoms with Crippen molar-refractivity contribution >= 4 is 28.4 Å². The van der Waals surface area contributed by atoms with Crippen LogP contribution in [0.1, 0.15) is 29.3 Å². The largest absolute Gasteiger partial charge is 0.460 e. The first-order valence-corrected chi connectivity index (χ1v) is 9.11. The lowest BCUT2D eigenvalue weighted by atomic mass is 10.0. The predicted molar refractivity (Wildman–Crippen MR) is 104 cm³/mol. The summed E-state index contributed by atoms with van der Waals surface area (Å²) in [5.41, 5.74) is -0.883. The van der Waals surface area contributed by atoms with Gasteiger partial charge >= 0.3 is 5.97 Å². The van der Waals surface area contributed by atoms with E-state index in [0.717, 1.165) is 18.3 Å². The fourth-order valence-electron chi connectivity index (χ4n) is 3.05. The highest BCUT2D eigenvalue weighted by atomic mass is 19.1. The number of pyridine rings is 1. The van der Waals surface area contributed by atoms with Crippen molar-refractivity contribution in [1.29, 1.82) is 0 Å². The Balaban J connectivity index is 2.07. The number of benzene rings is 2. The number of ether oxygens (including phenoxy) is 1. The standard InChI is InChI=1S/C22H17F2NO5/c1-2-30-22(29)20(27)10-19(26)15-12-25(11-14-16(23)7-5-8-17(14)24)18-9-4-3-6-13(18)21(15)28/h3-9,12H,2,10-11H2,1H3. The normalized spacial score (nSPS) is 10.8. The summed E-state index contributed by atoms with van der Waals surface area (Å²) in [6.07, 6.45) is 0.303. The molecule has 1 aromatic heterocycles. The minimum absolute atomic E-state index is 0.0320. The summed E-state index contributed by atoms with van der Waals surface area (Å²) >= 11 is 0. The number of rotatable bonds is 7. The molecule has 0 aliphatic carbocycles. The number of esters is 1. The minimum atomic E-state index is -1.17. The molecule has 0 spiro atoms. The Morgan fingerprint density at radius 2 is 1.67 bits per heavy atom. The zero-order chi connectivity index (χ0) is 21.8. The number of carbonyl (C=O) groups excluding carboxylic acids is 3. The monoisotopic (exact) mass is 413 g/mol. The highest BCUT2D eigenvalue weighted by Crippen LogP contribution is 2.18. The summed E-state index contributed by atoms with van der Waals surface area (Å²) in [4.78, 5) is 48.7. The fourth-order valence-corrected chi connectivity index (χ4v) is 3.05. The highest BCUT2D eigenvalue weighted by molar-refractivity contribution is 6.38. The lowest BCUT2D eigenvalue weighted by Gasteiger charge is -2.14. The second-order valence-corrected chi connectivity index (χ2v) is 6.46. The van der Waals surface area contributed by atoms with Crippen LogP contribution in [-0.2, 0) is 20.9 Å². The molecule has 1 heterocycles. The molecule has 6 nitrogen and oxygen atoms in total. The Labute approximate surface area is 169 Å². The molecule has 30 heavy (non-hydrogen) atoms. The molecule has 8 heteroatoms. The third kappa shape index (κ3) is 4.17. The number of nitrogens with zero attached hydrogens (tertiary/aromatic N) is 1. The van der Waals surface area contributed by atoms with Crippen LogP contribution < -0.4 is 5.43 Å². The van der Waals surface area contributed by atoms with Crippen molar-refractivity contribution in [2.75, 3.05) is 6.61 Å². The lowest BCUT2D eigenvalue weighted by Crippen LogP contribution is -2.25. The molecule has 0 saturated carbocycles. The number of carbonyl (C=O) groups is 3. The van der Waals surface area contributed by atoms with Crippen molar-refractivity contribution in [2.24, 2.45) is 0 Å². The van der Waals surface area contributed by atoms with E-state index in [4.69, 9.17) is 0 Å². The van der Waals surface area contributed by atoms with E-state index in [1.54, 1.807) is 18.2 Å². The van der Waals surface area contributed by atoms with Crippen LogP contribution in [0.3, 0.4) is 0 Å². The second-order valence-electron chi connectivity index (χ2n) is 6.46. The Hall–Kier alpha value is -3.68. The Morgan fingerprint density at radius 3 is 2.33 bits per heavy atom. The Kier molecular flexibility index (Phi) is 6.15. The zero-order valence-corrected chi connectivity index (χ0v) is 16.0. The predicted octanol–water partition coefficient (Wildman–Crippen LogP) is 3.03. The number of hydrogen-bond acceptors (Lipinski definition) is 5. The first-order valence-electron chi connectivity index (χ1n) is 9.11. The smallest absolute Gasteiger partial charge is 0.375 e. The van der Waals surface area contributed by atoms with Crippen LogP contribution in [0.2, 0.25) is 0 Å². The van der Waals surface area contributed by atoms with Gasteiger partial charge in [0.1, 0.15) is 11.6 Å². The minimum Gasteiger partial charge on any atom is -0.460 e. The first kappa shape index (κ1) is 21.0. The van der Waals surface area contributed by atoms with Gasteiger partial charge in [0.05, 0.1) is 30.7 Å². The molecule has 0 N–H and O–H groups in total. The van der Waals surface area contributed by atoms with E-state index in [1.807, 2.05) is 0 Å². The maximum absolute atomic E-state index is 14.1. The number of hydrogen-bond donors (Lipinski definition) is 0. The van der Waals surface area contributed by atoms with Crippen LogP contribution >= 0.6 is 0 Å². The third-order valence-corrected chi connectivity index (χ3v) is 4.50. The maximum Gasteiger partial charge on any atom is 0.375 e. The van der Waals surface area contributed by atoms with E-state index in [0.29, 0.717) is 5.52 Å². The third-order valence-electron chi connectivity index (χ3n) is 4.50. The van der Waals surface area contributed by atoms with Gasteiger partial charge < -0.3 is 9.30 Å². The van der Waals surface area contributed by atoms with Crippen LogP contribution in [0.5, 0.6) is 0 Å². The van der Waals surface area contributed by atoms with Crippen LogP contribution in [0, 0.1) is 11.6 Å². The van der Waals surface area contributed by atoms with Gasteiger partial charge in [-0.3, -0.25) is 14.4 Å². The van der Waals surface area contributed by atoms with E-state index in [2.05, 4.69) is 4.74 Å². The van der Waals surface area contributed by atoms with Crippen molar-refractivity contribution < 1.29 is 27.9 Å². The molecule has 0 fully saturated rings. The zero-order valence-electron chi connectivity index (χ0n) is 16.0. The van der Waals surface area contributed by atoms with Gasteiger partial charge in [-0.15, -0.1) is 0 Å². The van der Waals surface area contributed by atoms with E-state index in [1.165, 1.54) is 23.6 Å². The summed E-state index contributed by atoms with van der Waals surface area (Å²) in [7, 11) is 0. The Bertz CT molecular complexity index is 1200. The molecule has 3 aromatic rings. The van der Waals surface area contributed by atoms with Crippen molar-refractivity contribution in [3.05, 3.63) is 81.6 Å². The summed E-state index contributed by atoms with van der Waals surface area (Å²) in [6.45, 7) is 1.19. The lowest BCUT2D eigenvalue weighted by molar-refractivity contribution is -0.153. The highest BCUT2D eigenvalue weighted by Gasteiger charge is 2.23. The Morgan fingerprint density at radius 1 is 1.00 bits per heavy atom. The van der Waals surface area contributed by atoms with Crippen LogP contribution in [-0.4, -0.2) is 28.7 Å². The summed E-state index contributed by atoms with van der Waals surface area (Å²) < 4.78 is 34.2. The summed E-state index contributed by atoms with van der Waals surface area (Å²) in [6, 6.07) is 9.70. The molecule has 154 valence electrons. The number of fused-ring (bicyclic) bond motifs is 1. The van der Waals surface area contributed by atoms with Crippen LogP contribution in [0.25, 0.3) is 10.9 Å². The molecule has 0 atom stereocenters. The van der Waals surface area contributed by atoms with Gasteiger partial charge in [0.2, 0.25) is 5.78 Å². The molecule has 0 aliphatic rings. The quantitative estimate of drug-likeness (QED) is 0.257. The van der Waals surface area contributed by atoms with E-state index in [-0.39, 0.29) is 29.7 Å². The number of aromatic nitrogens is 1. The van der Waals surface area contributed by atoms with Crippen molar-refractivity contribution in [2.45, 2.75) is 19.9 Å². The molecule has 3 rings (SSSR count). The van der Waals surface area contributed by atoms with Gasteiger partial charge in [-0.2, -0.15) is 0 Å². The van der Waals surface area contributed by atoms with Crippen molar-refractivity contribution in [3.8, 4) is 0 Å². The van der Waals surface area contributed by atoms with Crippen molar-refractivity contribution in [1.82, 2.24) is 4.57 Å². The number of halogens is 2. The van der Waals surface area contributed by atoms with Gasteiger partial charge in [-0.25, -0.2) is 13.6 Å². The molecular weight excluding hydrogens is 396 g/mol. The van der Waals surface area contributed by atoms with E-state index >= 15 is 0 Å². The molecule has 0 amide bonds. The second kappa shape index (κ2) is 8.77. The van der Waals surface area contributed by atoms with Gasteiger partial charge in [-0.1, -0.05) is 18.2 Å². The van der Waals surface area contributed by atoms with Gasteiger partial charge in [0, 0.05) is 17.1 Å². The molecule has 0 radical (unpaired) electrons. The molecule has 0 aliphatic heterocycles. The first-order chi connectivity index (χ1) is 14.3. The SMILES string of the molecule is CCOC(=O)C(=O)CC(=O)c1cn(Cc2c(F)cccc2F)c2ccccc2c1=O. The summed E-state index contributed by atoms with van der Waals surface area (Å²) in [5, 5.41) is 0.142. The topological polar surface area (TPSA) is 82.4 Å². The molecule has 0 bridgehead atoms. The average Bonchev–Trinajstić information content (AvgIpc) is 2.72. The van der Waals surface area contributed by atoms with E-state index < -0.39 is 41.0 Å². The van der Waals surface area contributed by atoms with Crippen molar-refractivity contribution in [3.63, 3.8) is 0 Å².